The second-order valence-electron chi connectivity index (χ2n) is 4.02. The van der Waals surface area contributed by atoms with Crippen molar-refractivity contribution in [1.29, 1.82) is 5.26 Å². The van der Waals surface area contributed by atoms with Crippen LogP contribution in [0.4, 0.5) is 23.4 Å². The summed E-state index contributed by atoms with van der Waals surface area (Å²) in [7, 11) is 0. The van der Waals surface area contributed by atoms with Gasteiger partial charge in [-0.1, -0.05) is 6.07 Å². The average Bonchev–Trinajstić information content (AvgIpc) is 2.45. The Kier molecular flexibility index (Phi) is 4.03. The summed E-state index contributed by atoms with van der Waals surface area (Å²) in [5, 5.41) is 11.4. The summed E-state index contributed by atoms with van der Waals surface area (Å²) in [6.07, 6.45) is -2.07. The molecule has 0 unspecified atom stereocenters. The number of nitrogens with zero attached hydrogens (tertiary/aromatic N) is 3. The van der Waals surface area contributed by atoms with Crippen molar-refractivity contribution in [3.63, 3.8) is 0 Å². The lowest BCUT2D eigenvalue weighted by Crippen LogP contribution is -2.13. The van der Waals surface area contributed by atoms with Crippen LogP contribution >= 0.6 is 0 Å². The molecule has 0 saturated heterocycles. The molecule has 0 radical (unpaired) electrons. The fraction of sp³-hybridized carbons (Fsp3) is 0.154. The molecular weight excluding hydrogens is 288 g/mol. The first-order chi connectivity index (χ1) is 9.91. The predicted octanol–water partition coefficient (Wildman–Crippen LogP) is 3.12. The molecule has 1 heterocycles. The Morgan fingerprint density at radius 1 is 1.19 bits per heavy atom. The van der Waals surface area contributed by atoms with E-state index in [9.17, 15) is 17.6 Å². The minimum absolute atomic E-state index is 0.0341. The third-order valence-electron chi connectivity index (χ3n) is 2.63. The topological polar surface area (TPSA) is 61.6 Å². The Morgan fingerprint density at radius 2 is 1.90 bits per heavy atom. The summed E-state index contributed by atoms with van der Waals surface area (Å²) < 4.78 is 51.4. The van der Waals surface area contributed by atoms with Gasteiger partial charge in [-0.3, -0.25) is 0 Å². The number of benzene rings is 1. The van der Waals surface area contributed by atoms with Gasteiger partial charge in [0, 0.05) is 18.9 Å². The van der Waals surface area contributed by atoms with E-state index >= 15 is 0 Å². The molecule has 0 amide bonds. The van der Waals surface area contributed by atoms with E-state index in [2.05, 4.69) is 15.3 Å². The molecule has 0 aliphatic heterocycles. The Balaban J connectivity index is 2.27. The van der Waals surface area contributed by atoms with Crippen LogP contribution in [-0.4, -0.2) is 9.97 Å². The van der Waals surface area contributed by atoms with Crippen molar-refractivity contribution in [2.24, 2.45) is 0 Å². The zero-order valence-corrected chi connectivity index (χ0v) is 10.4. The molecule has 0 aliphatic carbocycles. The van der Waals surface area contributed by atoms with Gasteiger partial charge in [0.1, 0.15) is 11.9 Å². The molecule has 4 nitrogen and oxygen atoms in total. The van der Waals surface area contributed by atoms with Gasteiger partial charge in [-0.15, -0.1) is 0 Å². The SMILES string of the molecule is N#Cc1nccnc1NCc1ccc(F)cc1C(F)(F)F. The lowest BCUT2D eigenvalue weighted by molar-refractivity contribution is -0.138. The second-order valence-corrected chi connectivity index (χ2v) is 4.02. The number of hydrogen-bond donors (Lipinski definition) is 1. The molecule has 8 heteroatoms. The number of hydrogen-bond acceptors (Lipinski definition) is 4. The van der Waals surface area contributed by atoms with Gasteiger partial charge in [0.15, 0.2) is 11.5 Å². The van der Waals surface area contributed by atoms with Gasteiger partial charge >= 0.3 is 6.18 Å². The molecule has 2 rings (SSSR count). The van der Waals surface area contributed by atoms with E-state index in [-0.39, 0.29) is 23.6 Å². The summed E-state index contributed by atoms with van der Waals surface area (Å²) in [5.41, 5.74) is -1.26. The Labute approximate surface area is 117 Å². The van der Waals surface area contributed by atoms with Gasteiger partial charge in [-0.25, -0.2) is 14.4 Å². The molecule has 108 valence electrons. The number of anilines is 1. The number of alkyl halides is 3. The average molecular weight is 296 g/mol. The van der Waals surface area contributed by atoms with E-state index in [0.29, 0.717) is 6.07 Å². The normalized spacial score (nSPS) is 11.0. The molecule has 0 aliphatic rings. The summed E-state index contributed by atoms with van der Waals surface area (Å²) in [6, 6.07) is 4.17. The van der Waals surface area contributed by atoms with Crippen LogP contribution in [0, 0.1) is 17.1 Å². The predicted molar refractivity (Wildman–Crippen MR) is 65.5 cm³/mol. The number of rotatable bonds is 3. The maximum atomic E-state index is 13.0. The quantitative estimate of drug-likeness (QED) is 0.884. The monoisotopic (exact) mass is 296 g/mol. The second kappa shape index (κ2) is 5.75. The fourth-order valence-electron chi connectivity index (χ4n) is 1.69. The number of aromatic nitrogens is 2. The lowest BCUT2D eigenvalue weighted by atomic mass is 10.1. The molecule has 0 bridgehead atoms. The standard InChI is InChI=1S/C13H8F4N4/c14-9-2-1-8(10(5-9)13(15,16)17)7-21-12-11(6-18)19-3-4-20-12/h1-5H,7H2,(H,20,21). The van der Waals surface area contributed by atoms with Crippen LogP contribution in [0.3, 0.4) is 0 Å². The van der Waals surface area contributed by atoms with Crippen LogP contribution in [0.2, 0.25) is 0 Å². The fourth-order valence-corrected chi connectivity index (χ4v) is 1.69. The zero-order chi connectivity index (χ0) is 15.5. The molecule has 21 heavy (non-hydrogen) atoms. The van der Waals surface area contributed by atoms with Gasteiger partial charge in [0.2, 0.25) is 0 Å². The van der Waals surface area contributed by atoms with E-state index in [1.54, 1.807) is 6.07 Å². The van der Waals surface area contributed by atoms with Crippen molar-refractivity contribution >= 4 is 5.82 Å². The number of halogens is 4. The highest BCUT2D eigenvalue weighted by molar-refractivity contribution is 5.47. The van der Waals surface area contributed by atoms with Crippen molar-refractivity contribution in [2.45, 2.75) is 12.7 Å². The van der Waals surface area contributed by atoms with Gasteiger partial charge in [-0.2, -0.15) is 18.4 Å². The van der Waals surface area contributed by atoms with E-state index in [1.165, 1.54) is 12.4 Å². The van der Waals surface area contributed by atoms with Crippen LogP contribution in [0.5, 0.6) is 0 Å². The largest absolute Gasteiger partial charge is 0.416 e. The first-order valence-corrected chi connectivity index (χ1v) is 5.72. The minimum Gasteiger partial charge on any atom is -0.364 e. The molecule has 1 aromatic carbocycles. The highest BCUT2D eigenvalue weighted by Gasteiger charge is 2.33. The van der Waals surface area contributed by atoms with Gasteiger partial charge in [-0.05, 0) is 17.7 Å². The Morgan fingerprint density at radius 3 is 2.57 bits per heavy atom. The van der Waals surface area contributed by atoms with Crippen LogP contribution < -0.4 is 5.32 Å². The summed E-state index contributed by atoms with van der Waals surface area (Å²) >= 11 is 0. The summed E-state index contributed by atoms with van der Waals surface area (Å²) in [4.78, 5) is 7.55. The highest BCUT2D eigenvalue weighted by atomic mass is 19.4. The van der Waals surface area contributed by atoms with Gasteiger partial charge in [0.05, 0.1) is 5.56 Å². The van der Waals surface area contributed by atoms with E-state index in [1.807, 2.05) is 0 Å². The van der Waals surface area contributed by atoms with Crippen LogP contribution in [0.15, 0.2) is 30.6 Å². The Bertz CT molecular complexity index is 691. The molecule has 0 spiro atoms. The highest BCUT2D eigenvalue weighted by Crippen LogP contribution is 2.32. The summed E-state index contributed by atoms with van der Waals surface area (Å²) in [5.74, 6) is -0.902. The summed E-state index contributed by atoms with van der Waals surface area (Å²) in [6.45, 7) is -0.261. The third-order valence-corrected chi connectivity index (χ3v) is 2.63. The number of nitrogens with one attached hydrogen (secondary N) is 1. The molecule has 2 aromatic rings. The van der Waals surface area contributed by atoms with Crippen molar-refractivity contribution in [1.82, 2.24) is 9.97 Å². The van der Waals surface area contributed by atoms with E-state index < -0.39 is 17.6 Å². The smallest absolute Gasteiger partial charge is 0.364 e. The molecule has 1 aromatic heterocycles. The van der Waals surface area contributed by atoms with Crippen molar-refractivity contribution < 1.29 is 17.6 Å². The van der Waals surface area contributed by atoms with Crippen molar-refractivity contribution in [3.8, 4) is 6.07 Å². The van der Waals surface area contributed by atoms with Gasteiger partial charge < -0.3 is 5.32 Å². The molecule has 0 atom stereocenters. The third kappa shape index (κ3) is 3.45. The van der Waals surface area contributed by atoms with Crippen LogP contribution in [0.1, 0.15) is 16.8 Å². The van der Waals surface area contributed by atoms with Crippen LogP contribution in [0.25, 0.3) is 0 Å². The number of nitriles is 1. The minimum atomic E-state index is -4.67. The van der Waals surface area contributed by atoms with Crippen molar-refractivity contribution in [3.05, 3.63) is 53.2 Å². The maximum absolute atomic E-state index is 13.0. The first kappa shape index (κ1) is 14.7. The van der Waals surface area contributed by atoms with E-state index in [0.717, 1.165) is 12.1 Å². The maximum Gasteiger partial charge on any atom is 0.416 e. The molecule has 0 saturated carbocycles. The Hall–Kier alpha value is -2.69. The molecule has 1 N–H and O–H groups in total. The van der Waals surface area contributed by atoms with E-state index in [4.69, 9.17) is 5.26 Å². The molecule has 0 fully saturated rings. The first-order valence-electron chi connectivity index (χ1n) is 5.72. The molecular formula is C13H8F4N4. The van der Waals surface area contributed by atoms with Crippen LogP contribution in [-0.2, 0) is 12.7 Å². The zero-order valence-electron chi connectivity index (χ0n) is 10.4. The van der Waals surface area contributed by atoms with Gasteiger partial charge in [0.25, 0.3) is 0 Å². The van der Waals surface area contributed by atoms with Crippen molar-refractivity contribution in [2.75, 3.05) is 5.32 Å². The lowest BCUT2D eigenvalue weighted by Gasteiger charge is -2.14.